The largest absolute Gasteiger partial charge is 0.384 e. The zero-order valence-corrected chi connectivity index (χ0v) is 21.7. The molecule has 0 unspecified atom stereocenters. The summed E-state index contributed by atoms with van der Waals surface area (Å²) in [6, 6.07) is 17.8. The van der Waals surface area contributed by atoms with Crippen LogP contribution < -0.4 is 20.1 Å². The number of carbonyl (C=O) groups is 2. The second-order valence-corrected chi connectivity index (χ2v) is 10.1. The number of aryl methyl sites for hydroxylation is 1. The molecular formula is C26H26N6O5S. The summed E-state index contributed by atoms with van der Waals surface area (Å²) in [7, 11) is -0.559. The van der Waals surface area contributed by atoms with Gasteiger partial charge in [0.15, 0.2) is 5.75 Å². The number of urea groups is 1. The zero-order chi connectivity index (χ0) is 27.6. The van der Waals surface area contributed by atoms with Crippen molar-refractivity contribution in [3.05, 3.63) is 89.2 Å². The predicted molar refractivity (Wildman–Crippen MR) is 144 cm³/mol. The maximum atomic E-state index is 13.4. The van der Waals surface area contributed by atoms with E-state index in [0.29, 0.717) is 29.0 Å². The van der Waals surface area contributed by atoms with Crippen molar-refractivity contribution in [1.82, 2.24) is 14.9 Å². The van der Waals surface area contributed by atoms with Gasteiger partial charge in [0.2, 0.25) is 0 Å². The third-order valence-electron chi connectivity index (χ3n) is 5.79. The summed E-state index contributed by atoms with van der Waals surface area (Å²) in [5.41, 5.74) is 8.43. The Morgan fingerprint density at radius 1 is 1.11 bits per heavy atom. The minimum absolute atomic E-state index is 0.0423. The number of nitrogen functional groups attached to an aromatic ring is 1. The minimum atomic E-state index is -3.84. The Bertz CT molecular complexity index is 1660. The molecule has 0 aliphatic heterocycles. The first-order chi connectivity index (χ1) is 18.0. The third kappa shape index (κ3) is 5.49. The number of amidine groups is 1. The van der Waals surface area contributed by atoms with Crippen molar-refractivity contribution in [3.8, 4) is 5.75 Å². The van der Waals surface area contributed by atoms with E-state index in [1.54, 1.807) is 54.6 Å². The van der Waals surface area contributed by atoms with Gasteiger partial charge in [-0.3, -0.25) is 10.2 Å². The lowest BCUT2D eigenvalue weighted by Gasteiger charge is -2.20. The van der Waals surface area contributed by atoms with Crippen molar-refractivity contribution in [2.45, 2.75) is 6.42 Å². The molecule has 3 amide bonds. The van der Waals surface area contributed by atoms with Crippen LogP contribution in [-0.2, 0) is 23.6 Å². The van der Waals surface area contributed by atoms with Crippen LogP contribution in [0.5, 0.6) is 5.75 Å². The number of imide groups is 1. The van der Waals surface area contributed by atoms with Gasteiger partial charge in [0, 0.05) is 26.1 Å². The molecule has 0 spiro atoms. The number of hydrogen-bond donors (Lipinski definition) is 3. The summed E-state index contributed by atoms with van der Waals surface area (Å²) in [5, 5.41) is 10.2. The van der Waals surface area contributed by atoms with E-state index in [-0.39, 0.29) is 22.7 Å². The van der Waals surface area contributed by atoms with E-state index in [4.69, 9.17) is 15.3 Å². The highest BCUT2D eigenvalue weighted by molar-refractivity contribution is 7.86. The van der Waals surface area contributed by atoms with Crippen LogP contribution in [0.1, 0.15) is 27.3 Å². The molecule has 0 saturated heterocycles. The first-order valence-corrected chi connectivity index (χ1v) is 13.2. The summed E-state index contributed by atoms with van der Waals surface area (Å²) >= 11 is 0. The van der Waals surface area contributed by atoms with Crippen molar-refractivity contribution in [1.29, 1.82) is 5.41 Å². The van der Waals surface area contributed by atoms with Crippen molar-refractivity contribution in [3.63, 3.8) is 0 Å². The summed E-state index contributed by atoms with van der Waals surface area (Å²) in [5.74, 6) is -0.237. The third-order valence-corrected chi connectivity index (χ3v) is 6.28. The number of rotatable bonds is 7. The first-order valence-electron chi connectivity index (χ1n) is 11.4. The van der Waals surface area contributed by atoms with Crippen LogP contribution in [-0.4, -0.2) is 49.0 Å². The smallest absolute Gasteiger partial charge is 0.328 e. The van der Waals surface area contributed by atoms with Gasteiger partial charge in [-0.1, -0.05) is 24.3 Å². The van der Waals surface area contributed by atoms with Gasteiger partial charge in [0.05, 0.1) is 28.5 Å². The van der Waals surface area contributed by atoms with Crippen LogP contribution in [0.2, 0.25) is 0 Å². The highest BCUT2D eigenvalue weighted by Crippen LogP contribution is 2.25. The number of fused-ring (bicyclic) bond motifs is 1. The number of nitrogens with two attached hydrogens (primary N) is 1. The molecule has 4 N–H and O–H groups in total. The van der Waals surface area contributed by atoms with Gasteiger partial charge in [0.1, 0.15) is 11.7 Å². The number of carbonyl (C=O) groups excluding carboxylic acids is 2. The number of nitrogens with one attached hydrogen (secondary N) is 2. The van der Waals surface area contributed by atoms with Gasteiger partial charge in [-0.05, 0) is 48.0 Å². The molecule has 38 heavy (non-hydrogen) atoms. The predicted octanol–water partition coefficient (Wildman–Crippen LogP) is 2.77. The van der Waals surface area contributed by atoms with E-state index >= 15 is 0 Å². The van der Waals surface area contributed by atoms with Gasteiger partial charge in [-0.2, -0.15) is 8.42 Å². The first kappa shape index (κ1) is 26.4. The molecule has 0 saturated carbocycles. The summed E-state index contributed by atoms with van der Waals surface area (Å²) in [6.07, 6.45) is 1.22. The lowest BCUT2D eigenvalue weighted by Crippen LogP contribution is -2.42. The van der Waals surface area contributed by atoms with Crippen LogP contribution in [0.3, 0.4) is 0 Å². The standard InChI is InChI=1S/C26H26N6O5S/c1-29-26(34)32(18-7-5-4-6-8-18)25(33)17-10-12-21-20(15-17)30-23(31(21)2)14-16-9-11-19(24(27)28)22(13-16)37-38(3,35)36/h4-13,15H,14H2,1-3H3,(H3,27,28)(H,29,34). The fourth-order valence-corrected chi connectivity index (χ4v) is 4.46. The maximum Gasteiger partial charge on any atom is 0.328 e. The zero-order valence-electron chi connectivity index (χ0n) is 20.9. The van der Waals surface area contributed by atoms with Crippen LogP contribution in [0.4, 0.5) is 10.5 Å². The number of imidazole rings is 1. The van der Waals surface area contributed by atoms with Crippen LogP contribution >= 0.6 is 0 Å². The topological polar surface area (TPSA) is 160 Å². The average molecular weight is 535 g/mol. The summed E-state index contributed by atoms with van der Waals surface area (Å²) in [4.78, 5) is 31.6. The monoisotopic (exact) mass is 534 g/mol. The number of amides is 3. The average Bonchev–Trinajstić information content (AvgIpc) is 3.17. The van der Waals surface area contributed by atoms with Crippen molar-refractivity contribution in [2.24, 2.45) is 12.8 Å². The molecule has 12 heteroatoms. The Kier molecular flexibility index (Phi) is 7.17. The number of benzene rings is 3. The second-order valence-electron chi connectivity index (χ2n) is 8.53. The second kappa shape index (κ2) is 10.3. The number of para-hydroxylation sites is 1. The van der Waals surface area contributed by atoms with E-state index in [1.165, 1.54) is 19.2 Å². The molecule has 0 atom stereocenters. The van der Waals surface area contributed by atoms with Gasteiger partial charge in [-0.25, -0.2) is 14.7 Å². The number of anilines is 1. The number of hydrogen-bond acceptors (Lipinski definition) is 7. The fraction of sp³-hybridized carbons (Fsp3) is 0.154. The van der Waals surface area contributed by atoms with E-state index < -0.39 is 22.1 Å². The molecule has 0 aliphatic carbocycles. The molecule has 0 fully saturated rings. The van der Waals surface area contributed by atoms with E-state index in [2.05, 4.69) is 10.3 Å². The van der Waals surface area contributed by atoms with Crippen molar-refractivity contribution < 1.29 is 22.2 Å². The van der Waals surface area contributed by atoms with E-state index in [0.717, 1.165) is 16.7 Å². The number of nitrogens with zero attached hydrogens (tertiary/aromatic N) is 3. The van der Waals surface area contributed by atoms with Crippen molar-refractivity contribution >= 4 is 44.6 Å². The molecule has 4 aromatic rings. The van der Waals surface area contributed by atoms with Gasteiger partial charge in [-0.15, -0.1) is 0 Å². The quantitative estimate of drug-likeness (QED) is 0.187. The normalized spacial score (nSPS) is 11.2. The Morgan fingerprint density at radius 3 is 2.45 bits per heavy atom. The Labute approximate surface area is 219 Å². The number of aromatic nitrogens is 2. The minimum Gasteiger partial charge on any atom is -0.384 e. The lowest BCUT2D eigenvalue weighted by atomic mass is 10.1. The van der Waals surface area contributed by atoms with Gasteiger partial charge < -0.3 is 19.8 Å². The summed E-state index contributed by atoms with van der Waals surface area (Å²) in [6.45, 7) is 0. The van der Waals surface area contributed by atoms with Crippen LogP contribution in [0.25, 0.3) is 11.0 Å². The summed E-state index contributed by atoms with van der Waals surface area (Å²) < 4.78 is 30.3. The van der Waals surface area contributed by atoms with Gasteiger partial charge >= 0.3 is 16.1 Å². The Hall–Kier alpha value is -4.71. The van der Waals surface area contributed by atoms with Crippen LogP contribution in [0.15, 0.2) is 66.7 Å². The molecule has 0 radical (unpaired) electrons. The van der Waals surface area contributed by atoms with E-state index in [1.807, 2.05) is 11.6 Å². The fourth-order valence-electron chi connectivity index (χ4n) is 4.00. The molecule has 4 rings (SSSR count). The van der Waals surface area contributed by atoms with E-state index in [9.17, 15) is 18.0 Å². The molecule has 196 valence electrons. The highest BCUT2D eigenvalue weighted by Gasteiger charge is 2.25. The molecule has 0 bridgehead atoms. The Morgan fingerprint density at radius 2 is 1.82 bits per heavy atom. The SMILES string of the molecule is CNC(=O)N(C(=O)c1ccc2c(c1)nc(Cc1ccc(C(=N)N)c(OS(C)(=O)=O)c1)n2C)c1ccccc1. The molecule has 0 aliphatic rings. The molecule has 1 aromatic heterocycles. The van der Waals surface area contributed by atoms with Crippen molar-refractivity contribution in [2.75, 3.05) is 18.2 Å². The van der Waals surface area contributed by atoms with Crippen LogP contribution in [0, 0.1) is 5.41 Å². The molecule has 1 heterocycles. The molecule has 3 aromatic carbocycles. The Balaban J connectivity index is 1.68. The molecular weight excluding hydrogens is 508 g/mol. The lowest BCUT2D eigenvalue weighted by molar-refractivity contribution is 0.0994. The van der Waals surface area contributed by atoms with Gasteiger partial charge in [0.25, 0.3) is 5.91 Å². The highest BCUT2D eigenvalue weighted by atomic mass is 32.2. The maximum absolute atomic E-state index is 13.4. The molecule has 11 nitrogen and oxygen atoms in total.